The Hall–Kier alpha value is -1.88. The number of aromatic carboxylic acids is 1. The number of carboxylic acid groups (broad SMARTS) is 1. The Morgan fingerprint density at radius 1 is 1.17 bits per heavy atom. The summed E-state index contributed by atoms with van der Waals surface area (Å²) in [6.07, 6.45) is 3.79. The van der Waals surface area contributed by atoms with Crippen molar-refractivity contribution in [2.24, 2.45) is 11.8 Å². The lowest BCUT2D eigenvalue weighted by Crippen LogP contribution is -2.40. The van der Waals surface area contributed by atoms with Crippen LogP contribution in [0.3, 0.4) is 0 Å². The van der Waals surface area contributed by atoms with Crippen LogP contribution in [0.1, 0.15) is 35.2 Å². The largest absolute Gasteiger partial charge is 0.478 e. The minimum absolute atomic E-state index is 0.190. The van der Waals surface area contributed by atoms with E-state index in [1.807, 2.05) is 11.0 Å². The summed E-state index contributed by atoms with van der Waals surface area (Å²) in [6.45, 7) is 3.67. The summed E-state index contributed by atoms with van der Waals surface area (Å²) >= 11 is 0. The summed E-state index contributed by atoms with van der Waals surface area (Å²) in [5.41, 5.74) is 1.39. The highest BCUT2D eigenvalue weighted by Crippen LogP contribution is 2.26. The maximum absolute atomic E-state index is 12.7. The lowest BCUT2D eigenvalue weighted by molar-refractivity contribution is -0.136. The molecule has 1 N–H and O–H groups in total. The molecule has 1 aromatic rings. The molecule has 0 bridgehead atoms. The van der Waals surface area contributed by atoms with Crippen LogP contribution in [0.4, 0.5) is 0 Å². The van der Waals surface area contributed by atoms with E-state index in [-0.39, 0.29) is 5.92 Å². The molecule has 0 radical (unpaired) electrons. The number of piperidine rings is 1. The minimum atomic E-state index is -0.887. The zero-order valence-electron chi connectivity index (χ0n) is 14.3. The highest BCUT2D eigenvalue weighted by Gasteiger charge is 2.32. The standard InChI is InChI=1S/C19H26N2O3/c1-20-8-6-16(7-9-20)18(22)21-10-5-15(13-21)11-14-3-2-4-17(12-14)19(23)24/h2-4,12,15-16H,5-11,13H2,1H3,(H,23,24). The average Bonchev–Trinajstić information content (AvgIpc) is 3.03. The third-order valence-corrected chi connectivity index (χ3v) is 5.36. The number of likely N-dealkylation sites (tertiary alicyclic amines) is 2. The summed E-state index contributed by atoms with van der Waals surface area (Å²) in [7, 11) is 2.11. The monoisotopic (exact) mass is 330 g/mol. The van der Waals surface area contributed by atoms with Gasteiger partial charge < -0.3 is 14.9 Å². The van der Waals surface area contributed by atoms with E-state index < -0.39 is 5.97 Å². The quantitative estimate of drug-likeness (QED) is 0.918. The van der Waals surface area contributed by atoms with Crippen molar-refractivity contribution in [2.75, 3.05) is 33.2 Å². The summed E-state index contributed by atoms with van der Waals surface area (Å²) in [5, 5.41) is 9.09. The van der Waals surface area contributed by atoms with Gasteiger partial charge in [0.2, 0.25) is 5.91 Å². The van der Waals surface area contributed by atoms with Crippen molar-refractivity contribution in [2.45, 2.75) is 25.7 Å². The second-order valence-electron chi connectivity index (χ2n) is 7.23. The molecule has 0 saturated carbocycles. The molecule has 2 fully saturated rings. The van der Waals surface area contributed by atoms with E-state index in [4.69, 9.17) is 5.11 Å². The van der Waals surface area contributed by atoms with E-state index in [9.17, 15) is 9.59 Å². The molecule has 5 nitrogen and oxygen atoms in total. The first-order valence-electron chi connectivity index (χ1n) is 8.82. The first kappa shape index (κ1) is 17.0. The van der Waals surface area contributed by atoms with E-state index in [0.717, 1.165) is 57.4 Å². The molecular formula is C19H26N2O3. The van der Waals surface area contributed by atoms with Gasteiger partial charge in [0.1, 0.15) is 0 Å². The number of rotatable bonds is 4. The van der Waals surface area contributed by atoms with Gasteiger partial charge in [0.25, 0.3) is 0 Å². The van der Waals surface area contributed by atoms with Gasteiger partial charge >= 0.3 is 5.97 Å². The van der Waals surface area contributed by atoms with Gasteiger partial charge in [-0.2, -0.15) is 0 Å². The van der Waals surface area contributed by atoms with Gasteiger partial charge in [-0.25, -0.2) is 4.79 Å². The first-order valence-corrected chi connectivity index (χ1v) is 8.82. The number of benzene rings is 1. The number of nitrogens with zero attached hydrogens (tertiary/aromatic N) is 2. The number of carbonyl (C=O) groups excluding carboxylic acids is 1. The van der Waals surface area contributed by atoms with E-state index >= 15 is 0 Å². The third-order valence-electron chi connectivity index (χ3n) is 5.36. The van der Waals surface area contributed by atoms with Crippen LogP contribution < -0.4 is 0 Å². The lowest BCUT2D eigenvalue weighted by atomic mass is 9.95. The Labute approximate surface area is 143 Å². The van der Waals surface area contributed by atoms with Crippen LogP contribution >= 0.6 is 0 Å². The number of hydrogen-bond acceptors (Lipinski definition) is 3. The van der Waals surface area contributed by atoms with Gasteiger partial charge in [-0.3, -0.25) is 4.79 Å². The van der Waals surface area contributed by atoms with Crippen molar-refractivity contribution in [1.29, 1.82) is 0 Å². The molecular weight excluding hydrogens is 304 g/mol. The molecule has 2 aliphatic rings. The Bertz CT molecular complexity index is 608. The summed E-state index contributed by atoms with van der Waals surface area (Å²) in [6, 6.07) is 7.16. The number of amides is 1. The van der Waals surface area contributed by atoms with Crippen LogP contribution in [-0.2, 0) is 11.2 Å². The van der Waals surface area contributed by atoms with Gasteiger partial charge in [0.05, 0.1) is 5.56 Å². The maximum atomic E-state index is 12.7. The molecule has 2 saturated heterocycles. The molecule has 130 valence electrons. The average molecular weight is 330 g/mol. The summed E-state index contributed by atoms with van der Waals surface area (Å²) in [5.74, 6) is 0.0618. The fourth-order valence-electron chi connectivity index (χ4n) is 3.88. The Kier molecular flexibility index (Phi) is 5.19. The molecule has 3 rings (SSSR count). The predicted octanol–water partition coefficient (Wildman–Crippen LogP) is 2.12. The van der Waals surface area contributed by atoms with Gasteiger partial charge in [0.15, 0.2) is 0 Å². The maximum Gasteiger partial charge on any atom is 0.335 e. The molecule has 1 aromatic carbocycles. The zero-order valence-corrected chi connectivity index (χ0v) is 14.3. The van der Waals surface area contributed by atoms with Crippen LogP contribution in [0.5, 0.6) is 0 Å². The smallest absolute Gasteiger partial charge is 0.335 e. The molecule has 2 aliphatic heterocycles. The zero-order chi connectivity index (χ0) is 17.1. The number of carbonyl (C=O) groups is 2. The van der Waals surface area contributed by atoms with Gasteiger partial charge in [0, 0.05) is 19.0 Å². The van der Waals surface area contributed by atoms with Crippen LogP contribution in [0.25, 0.3) is 0 Å². The second kappa shape index (κ2) is 7.34. The fraction of sp³-hybridized carbons (Fsp3) is 0.579. The highest BCUT2D eigenvalue weighted by atomic mass is 16.4. The second-order valence-corrected chi connectivity index (χ2v) is 7.23. The van der Waals surface area contributed by atoms with Crippen LogP contribution in [0.2, 0.25) is 0 Å². The molecule has 0 aliphatic carbocycles. The summed E-state index contributed by atoms with van der Waals surface area (Å²) in [4.78, 5) is 28.1. The number of carboxylic acids is 1. The SMILES string of the molecule is CN1CCC(C(=O)N2CCC(Cc3cccc(C(=O)O)c3)C2)CC1. The van der Waals surface area contributed by atoms with Gasteiger partial charge in [-0.1, -0.05) is 12.1 Å². The van der Waals surface area contributed by atoms with Crippen molar-refractivity contribution in [1.82, 2.24) is 9.80 Å². The van der Waals surface area contributed by atoms with E-state index in [1.54, 1.807) is 18.2 Å². The van der Waals surface area contributed by atoms with Crippen molar-refractivity contribution in [3.63, 3.8) is 0 Å². The van der Waals surface area contributed by atoms with Crippen molar-refractivity contribution in [3.8, 4) is 0 Å². The molecule has 1 atom stereocenters. The van der Waals surface area contributed by atoms with E-state index in [0.29, 0.717) is 17.4 Å². The molecule has 2 heterocycles. The Morgan fingerprint density at radius 3 is 2.62 bits per heavy atom. The van der Waals surface area contributed by atoms with Crippen molar-refractivity contribution < 1.29 is 14.7 Å². The van der Waals surface area contributed by atoms with Crippen molar-refractivity contribution in [3.05, 3.63) is 35.4 Å². The third kappa shape index (κ3) is 3.96. The van der Waals surface area contributed by atoms with Crippen LogP contribution in [-0.4, -0.2) is 60.0 Å². The molecule has 24 heavy (non-hydrogen) atoms. The van der Waals surface area contributed by atoms with E-state index in [2.05, 4.69) is 11.9 Å². The Balaban J connectivity index is 1.54. The molecule has 1 unspecified atom stereocenters. The van der Waals surface area contributed by atoms with Crippen LogP contribution in [0.15, 0.2) is 24.3 Å². The van der Waals surface area contributed by atoms with Crippen LogP contribution in [0, 0.1) is 11.8 Å². The van der Waals surface area contributed by atoms with Gasteiger partial charge in [-0.05, 0) is 69.4 Å². The van der Waals surface area contributed by atoms with Gasteiger partial charge in [-0.15, -0.1) is 0 Å². The molecule has 0 aromatic heterocycles. The number of hydrogen-bond donors (Lipinski definition) is 1. The summed E-state index contributed by atoms with van der Waals surface area (Å²) < 4.78 is 0. The van der Waals surface area contributed by atoms with Crippen molar-refractivity contribution >= 4 is 11.9 Å². The Morgan fingerprint density at radius 2 is 1.92 bits per heavy atom. The highest BCUT2D eigenvalue weighted by molar-refractivity contribution is 5.87. The minimum Gasteiger partial charge on any atom is -0.478 e. The normalized spacial score (nSPS) is 22.7. The molecule has 1 amide bonds. The molecule has 5 heteroatoms. The first-order chi connectivity index (χ1) is 11.5. The topological polar surface area (TPSA) is 60.9 Å². The predicted molar refractivity (Wildman–Crippen MR) is 92.0 cm³/mol. The lowest BCUT2D eigenvalue weighted by Gasteiger charge is -2.30. The molecule has 0 spiro atoms. The van der Waals surface area contributed by atoms with E-state index in [1.165, 1.54) is 0 Å². The fourth-order valence-corrected chi connectivity index (χ4v) is 3.88.